The average Bonchev–Trinajstić information content (AvgIpc) is 3.56. The summed E-state index contributed by atoms with van der Waals surface area (Å²) in [6.07, 6.45) is 1.89. The van der Waals surface area contributed by atoms with E-state index in [1.165, 1.54) is 0 Å². The molecule has 1 N–H and O–H groups in total. The maximum absolute atomic E-state index is 11.1. The van der Waals surface area contributed by atoms with Crippen LogP contribution in [0.4, 0.5) is 0 Å². The molecular weight excluding hydrogens is 599 g/mol. The number of phenols is 1. The summed E-state index contributed by atoms with van der Waals surface area (Å²) in [5, 5.41) is 11.1. The largest absolute Gasteiger partial charge is 0.507 e. The number of fused-ring (bicyclic) bond motifs is 1. The lowest BCUT2D eigenvalue weighted by molar-refractivity contribution is 0.449. The molecule has 2 aromatic heterocycles. The van der Waals surface area contributed by atoms with Gasteiger partial charge in [0.1, 0.15) is 11.6 Å². The van der Waals surface area contributed by atoms with Gasteiger partial charge in [-0.3, -0.25) is 4.98 Å². The molecule has 0 aliphatic rings. The van der Waals surface area contributed by atoms with Crippen LogP contribution >= 0.6 is 0 Å². The highest BCUT2D eigenvalue weighted by molar-refractivity contribution is 5.97. The van der Waals surface area contributed by atoms with E-state index >= 15 is 0 Å². The van der Waals surface area contributed by atoms with Crippen molar-refractivity contribution in [1.82, 2.24) is 14.5 Å². The van der Waals surface area contributed by atoms with Crippen molar-refractivity contribution >= 4 is 11.0 Å². The standard InChI is InChI=1S/C45H35N3O/c1-45(2,37-19-10-5-11-20-37)48-41-23-14-22-38(43(41)47-44(48)39-21-12-13-24-42(39)49)35-27-34(32-17-8-4-9-18-32)28-36(29-35)40-30-33(25-26-46-40)31-15-6-3-7-16-31/h3-30,49H,1-2H3. The van der Waals surface area contributed by atoms with Crippen molar-refractivity contribution in [3.8, 4) is 61.8 Å². The number of hydrogen-bond donors (Lipinski definition) is 1. The minimum absolute atomic E-state index is 0.196. The van der Waals surface area contributed by atoms with E-state index in [-0.39, 0.29) is 5.75 Å². The number of rotatable bonds is 7. The Morgan fingerprint density at radius 1 is 0.510 bits per heavy atom. The zero-order valence-electron chi connectivity index (χ0n) is 27.5. The van der Waals surface area contributed by atoms with Crippen LogP contribution in [0.5, 0.6) is 5.75 Å². The lowest BCUT2D eigenvalue weighted by Crippen LogP contribution is -2.28. The molecular formula is C45H35N3O. The van der Waals surface area contributed by atoms with Crippen LogP contribution in [0.3, 0.4) is 0 Å². The van der Waals surface area contributed by atoms with E-state index in [0.717, 1.165) is 61.2 Å². The number of aromatic nitrogens is 3. The van der Waals surface area contributed by atoms with Crippen molar-refractivity contribution < 1.29 is 5.11 Å². The Labute approximate surface area is 286 Å². The van der Waals surface area contributed by atoms with E-state index in [1.807, 2.05) is 42.6 Å². The van der Waals surface area contributed by atoms with Gasteiger partial charge >= 0.3 is 0 Å². The molecule has 0 fully saturated rings. The third-order valence-corrected chi connectivity index (χ3v) is 9.38. The minimum atomic E-state index is -0.481. The van der Waals surface area contributed by atoms with E-state index in [1.54, 1.807) is 6.07 Å². The molecule has 8 aromatic rings. The third-order valence-electron chi connectivity index (χ3n) is 9.38. The van der Waals surface area contributed by atoms with Gasteiger partial charge in [0.15, 0.2) is 0 Å². The first-order valence-electron chi connectivity index (χ1n) is 16.6. The number of benzene rings is 6. The van der Waals surface area contributed by atoms with Gasteiger partial charge in [-0.15, -0.1) is 0 Å². The number of aromatic hydroxyl groups is 1. The van der Waals surface area contributed by atoms with E-state index in [9.17, 15) is 5.11 Å². The van der Waals surface area contributed by atoms with Crippen LogP contribution in [-0.2, 0) is 5.54 Å². The molecule has 0 atom stereocenters. The summed E-state index contributed by atoms with van der Waals surface area (Å²) in [7, 11) is 0. The number of para-hydroxylation sites is 2. The molecule has 0 saturated heterocycles. The monoisotopic (exact) mass is 633 g/mol. The molecule has 0 unspecified atom stereocenters. The van der Waals surface area contributed by atoms with Gasteiger partial charge in [0, 0.05) is 17.3 Å². The van der Waals surface area contributed by atoms with Gasteiger partial charge in [0.25, 0.3) is 0 Å². The fraction of sp³-hybridized carbons (Fsp3) is 0.0667. The number of nitrogens with zero attached hydrogens (tertiary/aromatic N) is 3. The Bertz CT molecular complexity index is 2410. The zero-order chi connectivity index (χ0) is 33.4. The average molecular weight is 634 g/mol. The normalized spacial score (nSPS) is 11.6. The van der Waals surface area contributed by atoms with E-state index in [2.05, 4.69) is 140 Å². The second-order valence-electron chi connectivity index (χ2n) is 12.8. The number of pyridine rings is 1. The molecule has 0 amide bonds. The fourth-order valence-electron chi connectivity index (χ4n) is 6.84. The Kier molecular flexibility index (Phi) is 7.62. The molecule has 6 aromatic carbocycles. The highest BCUT2D eigenvalue weighted by Gasteiger charge is 2.30. The summed E-state index contributed by atoms with van der Waals surface area (Å²) in [5.74, 6) is 0.910. The van der Waals surface area contributed by atoms with Crippen LogP contribution in [0, 0.1) is 0 Å². The molecule has 49 heavy (non-hydrogen) atoms. The summed E-state index contributed by atoms with van der Waals surface area (Å²) in [5.41, 5.74) is 11.7. The molecule has 4 nitrogen and oxygen atoms in total. The van der Waals surface area contributed by atoms with Crippen molar-refractivity contribution in [2.24, 2.45) is 0 Å². The van der Waals surface area contributed by atoms with Gasteiger partial charge in [0.2, 0.25) is 0 Å². The first kappa shape index (κ1) is 30.1. The first-order chi connectivity index (χ1) is 24.0. The van der Waals surface area contributed by atoms with Crippen LogP contribution in [-0.4, -0.2) is 19.6 Å². The lowest BCUT2D eigenvalue weighted by Gasteiger charge is -2.30. The van der Waals surface area contributed by atoms with Gasteiger partial charge < -0.3 is 9.67 Å². The molecule has 0 aliphatic heterocycles. The van der Waals surface area contributed by atoms with E-state index in [4.69, 9.17) is 9.97 Å². The highest BCUT2D eigenvalue weighted by Crippen LogP contribution is 2.42. The molecule has 236 valence electrons. The van der Waals surface area contributed by atoms with Gasteiger partial charge in [-0.05, 0) is 95.8 Å². The smallest absolute Gasteiger partial charge is 0.145 e. The van der Waals surface area contributed by atoms with Gasteiger partial charge in [-0.1, -0.05) is 115 Å². The van der Waals surface area contributed by atoms with Crippen molar-refractivity contribution in [3.63, 3.8) is 0 Å². The van der Waals surface area contributed by atoms with Crippen molar-refractivity contribution in [1.29, 1.82) is 0 Å². The minimum Gasteiger partial charge on any atom is -0.507 e. The quantitative estimate of drug-likeness (QED) is 0.190. The second-order valence-corrected chi connectivity index (χ2v) is 12.8. The van der Waals surface area contributed by atoms with Gasteiger partial charge in [-0.2, -0.15) is 0 Å². The molecule has 0 aliphatic carbocycles. The molecule has 4 heteroatoms. The Morgan fingerprint density at radius 2 is 1.10 bits per heavy atom. The molecule has 0 spiro atoms. The third kappa shape index (κ3) is 5.57. The highest BCUT2D eigenvalue weighted by atomic mass is 16.3. The maximum atomic E-state index is 11.1. The topological polar surface area (TPSA) is 50.9 Å². The summed E-state index contributed by atoms with van der Waals surface area (Å²) < 4.78 is 2.27. The van der Waals surface area contributed by atoms with E-state index < -0.39 is 5.54 Å². The maximum Gasteiger partial charge on any atom is 0.145 e. The summed E-state index contributed by atoms with van der Waals surface area (Å²) >= 11 is 0. The van der Waals surface area contributed by atoms with Crippen molar-refractivity contribution in [2.45, 2.75) is 19.4 Å². The molecule has 0 bridgehead atoms. The van der Waals surface area contributed by atoms with Crippen LogP contribution in [0.1, 0.15) is 19.4 Å². The first-order valence-corrected chi connectivity index (χ1v) is 16.6. The summed E-state index contributed by atoms with van der Waals surface area (Å²) in [4.78, 5) is 10.2. The lowest BCUT2D eigenvalue weighted by atomic mass is 9.92. The predicted molar refractivity (Wildman–Crippen MR) is 201 cm³/mol. The summed E-state index contributed by atoms with van der Waals surface area (Å²) in [6, 6.07) is 56.1. The summed E-state index contributed by atoms with van der Waals surface area (Å²) in [6.45, 7) is 4.41. The van der Waals surface area contributed by atoms with E-state index in [0.29, 0.717) is 11.4 Å². The molecule has 2 heterocycles. The Hall–Kier alpha value is -6.26. The van der Waals surface area contributed by atoms with Crippen molar-refractivity contribution in [3.05, 3.63) is 176 Å². The van der Waals surface area contributed by atoms with Crippen LogP contribution in [0.2, 0.25) is 0 Å². The molecule has 8 rings (SSSR count). The fourth-order valence-corrected chi connectivity index (χ4v) is 6.84. The number of hydrogen-bond acceptors (Lipinski definition) is 3. The Balaban J connectivity index is 1.38. The number of imidazole rings is 1. The van der Waals surface area contributed by atoms with Crippen LogP contribution in [0.15, 0.2) is 170 Å². The van der Waals surface area contributed by atoms with Crippen molar-refractivity contribution in [2.75, 3.05) is 0 Å². The van der Waals surface area contributed by atoms with Gasteiger partial charge in [-0.25, -0.2) is 4.98 Å². The second kappa shape index (κ2) is 12.4. The van der Waals surface area contributed by atoms with Gasteiger partial charge in [0.05, 0.1) is 27.8 Å². The van der Waals surface area contributed by atoms with Crippen LogP contribution < -0.4 is 0 Å². The molecule has 0 radical (unpaired) electrons. The predicted octanol–water partition coefficient (Wildman–Crippen LogP) is 11.3. The Morgan fingerprint density at radius 3 is 1.82 bits per heavy atom. The zero-order valence-corrected chi connectivity index (χ0v) is 27.5. The SMILES string of the molecule is CC(C)(c1ccccc1)n1c(-c2ccccc2O)nc2c(-c3cc(-c4ccccc4)cc(-c4cc(-c5ccccc5)ccn4)c3)cccc21. The molecule has 0 saturated carbocycles. The number of phenolic OH excluding ortho intramolecular Hbond substituents is 1. The van der Waals surface area contributed by atoms with Crippen LogP contribution in [0.25, 0.3) is 67.1 Å².